The van der Waals surface area contributed by atoms with E-state index < -0.39 is 10.0 Å². The van der Waals surface area contributed by atoms with Crippen LogP contribution in [-0.2, 0) is 10.0 Å². The third-order valence-corrected chi connectivity index (χ3v) is 7.82. The van der Waals surface area contributed by atoms with Gasteiger partial charge in [0.25, 0.3) is 5.91 Å². The van der Waals surface area contributed by atoms with Crippen molar-refractivity contribution in [1.82, 2.24) is 9.62 Å². The number of carbonyl (C=O) groups excluding carboxylic acids is 1. The van der Waals surface area contributed by atoms with E-state index in [2.05, 4.69) is 29.0 Å². The zero-order valence-electron chi connectivity index (χ0n) is 18.0. The fraction of sp³-hybridized carbons (Fsp3) is 0.458. The fourth-order valence-electron chi connectivity index (χ4n) is 4.08. The fourth-order valence-corrected chi connectivity index (χ4v) is 5.41. The normalized spacial score (nSPS) is 20.5. The van der Waals surface area contributed by atoms with Gasteiger partial charge in [-0.3, -0.25) is 4.79 Å². The van der Waals surface area contributed by atoms with E-state index in [0.29, 0.717) is 17.9 Å². The molecule has 1 saturated carbocycles. The lowest BCUT2D eigenvalue weighted by molar-refractivity contribution is 0.0689. The second kappa shape index (κ2) is 9.75. The molecule has 30 heavy (non-hydrogen) atoms. The Kier molecular flexibility index (Phi) is 7.32. The first-order valence-corrected chi connectivity index (χ1v) is 12.2. The van der Waals surface area contributed by atoms with Crippen LogP contribution in [0.5, 0.6) is 0 Å². The van der Waals surface area contributed by atoms with Gasteiger partial charge in [-0.2, -0.15) is 0 Å². The zero-order valence-corrected chi connectivity index (χ0v) is 18.9. The standard InChI is InChI=1S/C24H32N2O3S/c1-4-18(2)25-30(28,29)23-16-12-21(13-17-23)24(27)26(3)22-14-10-20(11-15-22)19-8-6-5-7-9-19/h5-9,12-13,16-18,20,22,25H,4,10-11,14-15H2,1-3H3. The van der Waals surface area contributed by atoms with E-state index in [1.54, 1.807) is 12.1 Å². The zero-order chi connectivity index (χ0) is 21.7. The lowest BCUT2D eigenvalue weighted by atomic mass is 9.81. The van der Waals surface area contributed by atoms with Gasteiger partial charge < -0.3 is 4.90 Å². The van der Waals surface area contributed by atoms with Crippen molar-refractivity contribution >= 4 is 15.9 Å². The van der Waals surface area contributed by atoms with Crippen LogP contribution < -0.4 is 4.72 Å². The molecule has 0 aromatic heterocycles. The summed E-state index contributed by atoms with van der Waals surface area (Å²) in [7, 11) is -1.71. The van der Waals surface area contributed by atoms with Crippen molar-refractivity contribution in [3.8, 4) is 0 Å². The molecular formula is C24H32N2O3S. The number of hydrogen-bond donors (Lipinski definition) is 1. The highest BCUT2D eigenvalue weighted by molar-refractivity contribution is 7.89. The van der Waals surface area contributed by atoms with Gasteiger partial charge in [0.05, 0.1) is 4.90 Å². The van der Waals surface area contributed by atoms with Crippen LogP contribution in [0.3, 0.4) is 0 Å². The molecule has 0 bridgehead atoms. The minimum absolute atomic E-state index is 0.0583. The number of hydrogen-bond acceptors (Lipinski definition) is 3. The molecule has 1 aliphatic rings. The molecule has 1 unspecified atom stereocenters. The first-order valence-electron chi connectivity index (χ1n) is 10.8. The van der Waals surface area contributed by atoms with Crippen LogP contribution in [0.4, 0.5) is 0 Å². The van der Waals surface area contributed by atoms with Gasteiger partial charge in [0.1, 0.15) is 0 Å². The lowest BCUT2D eigenvalue weighted by Crippen LogP contribution is -2.39. The van der Waals surface area contributed by atoms with Gasteiger partial charge >= 0.3 is 0 Å². The van der Waals surface area contributed by atoms with Gasteiger partial charge in [-0.1, -0.05) is 37.3 Å². The molecule has 1 atom stereocenters. The van der Waals surface area contributed by atoms with Crippen LogP contribution in [0.2, 0.25) is 0 Å². The molecule has 0 radical (unpaired) electrons. The Labute approximate surface area is 180 Å². The predicted molar refractivity (Wildman–Crippen MR) is 120 cm³/mol. The van der Waals surface area contributed by atoms with Crippen LogP contribution in [0.1, 0.15) is 67.8 Å². The van der Waals surface area contributed by atoms with Gasteiger partial charge in [0, 0.05) is 24.7 Å². The Morgan fingerprint density at radius 3 is 2.20 bits per heavy atom. The van der Waals surface area contributed by atoms with Crippen LogP contribution in [0.25, 0.3) is 0 Å². The third kappa shape index (κ3) is 5.29. The molecule has 5 nitrogen and oxygen atoms in total. The highest BCUT2D eigenvalue weighted by Crippen LogP contribution is 2.34. The summed E-state index contributed by atoms with van der Waals surface area (Å²) in [6.07, 6.45) is 4.82. The van der Waals surface area contributed by atoms with Crippen LogP contribution in [-0.4, -0.2) is 38.4 Å². The molecule has 0 heterocycles. The minimum atomic E-state index is -3.56. The van der Waals surface area contributed by atoms with E-state index >= 15 is 0 Å². The molecule has 6 heteroatoms. The van der Waals surface area contributed by atoms with Crippen LogP contribution in [0, 0.1) is 0 Å². The second-order valence-electron chi connectivity index (χ2n) is 8.29. The highest BCUT2D eigenvalue weighted by Gasteiger charge is 2.28. The predicted octanol–water partition coefficient (Wildman–Crippen LogP) is 4.56. The lowest BCUT2D eigenvalue weighted by Gasteiger charge is -2.35. The maximum atomic E-state index is 12.9. The molecule has 0 spiro atoms. The van der Waals surface area contributed by atoms with Crippen molar-refractivity contribution in [1.29, 1.82) is 0 Å². The van der Waals surface area contributed by atoms with E-state index in [1.165, 1.54) is 17.7 Å². The summed E-state index contributed by atoms with van der Waals surface area (Å²) in [5, 5.41) is 0. The summed E-state index contributed by atoms with van der Waals surface area (Å²) in [4.78, 5) is 14.9. The molecule has 1 N–H and O–H groups in total. The summed E-state index contributed by atoms with van der Waals surface area (Å²) in [6.45, 7) is 3.76. The van der Waals surface area contributed by atoms with Crippen molar-refractivity contribution in [2.45, 2.75) is 68.8 Å². The van der Waals surface area contributed by atoms with Crippen LogP contribution >= 0.6 is 0 Å². The summed E-state index contributed by atoms with van der Waals surface area (Å²) in [5.74, 6) is 0.505. The highest BCUT2D eigenvalue weighted by atomic mass is 32.2. The van der Waals surface area contributed by atoms with Gasteiger partial charge in [-0.25, -0.2) is 13.1 Å². The van der Waals surface area contributed by atoms with E-state index in [0.717, 1.165) is 25.7 Å². The minimum Gasteiger partial charge on any atom is -0.339 e. The average molecular weight is 429 g/mol. The Bertz CT molecular complexity index is 934. The molecule has 0 aliphatic heterocycles. The van der Waals surface area contributed by atoms with E-state index in [9.17, 15) is 13.2 Å². The van der Waals surface area contributed by atoms with Crippen molar-refractivity contribution < 1.29 is 13.2 Å². The largest absolute Gasteiger partial charge is 0.339 e. The Morgan fingerprint density at radius 1 is 1.03 bits per heavy atom. The summed E-state index contributed by atoms with van der Waals surface area (Å²) in [6, 6.07) is 16.9. The molecule has 1 fully saturated rings. The Hall–Kier alpha value is -2.18. The van der Waals surface area contributed by atoms with Gasteiger partial charge in [0.15, 0.2) is 0 Å². The Balaban J connectivity index is 1.61. The number of amides is 1. The van der Waals surface area contributed by atoms with E-state index in [-0.39, 0.29) is 22.9 Å². The molecular weight excluding hydrogens is 396 g/mol. The second-order valence-corrected chi connectivity index (χ2v) is 10.0. The van der Waals surface area contributed by atoms with Gasteiger partial charge in [-0.15, -0.1) is 0 Å². The smallest absolute Gasteiger partial charge is 0.253 e. The summed E-state index contributed by atoms with van der Waals surface area (Å²) in [5.41, 5.74) is 1.90. The van der Waals surface area contributed by atoms with Gasteiger partial charge in [-0.05, 0) is 74.8 Å². The topological polar surface area (TPSA) is 66.5 Å². The molecule has 1 amide bonds. The maximum Gasteiger partial charge on any atom is 0.253 e. The number of nitrogens with zero attached hydrogens (tertiary/aromatic N) is 1. The third-order valence-electron chi connectivity index (χ3n) is 6.22. The first-order chi connectivity index (χ1) is 14.3. The number of nitrogens with one attached hydrogen (secondary N) is 1. The molecule has 1 aliphatic carbocycles. The summed E-state index contributed by atoms with van der Waals surface area (Å²) >= 11 is 0. The van der Waals surface area contributed by atoms with Crippen molar-refractivity contribution in [3.05, 3.63) is 65.7 Å². The SMILES string of the molecule is CCC(C)NS(=O)(=O)c1ccc(C(=O)N(C)C2CCC(c3ccccc3)CC2)cc1. The van der Waals surface area contributed by atoms with Crippen molar-refractivity contribution in [3.63, 3.8) is 0 Å². The maximum absolute atomic E-state index is 12.9. The van der Waals surface area contributed by atoms with Crippen molar-refractivity contribution in [2.75, 3.05) is 7.05 Å². The van der Waals surface area contributed by atoms with E-state index in [1.807, 2.05) is 31.9 Å². The van der Waals surface area contributed by atoms with Crippen molar-refractivity contribution in [2.24, 2.45) is 0 Å². The molecule has 3 rings (SSSR count). The molecule has 0 saturated heterocycles. The number of sulfonamides is 1. The average Bonchev–Trinajstić information content (AvgIpc) is 2.78. The molecule has 2 aromatic carbocycles. The quantitative estimate of drug-likeness (QED) is 0.703. The first kappa shape index (κ1) is 22.5. The number of benzene rings is 2. The number of rotatable bonds is 7. The number of carbonyl (C=O) groups is 1. The summed E-state index contributed by atoms with van der Waals surface area (Å²) < 4.78 is 27.5. The Morgan fingerprint density at radius 2 is 1.63 bits per heavy atom. The van der Waals surface area contributed by atoms with Crippen LogP contribution in [0.15, 0.2) is 59.5 Å². The molecule has 2 aromatic rings. The van der Waals surface area contributed by atoms with Gasteiger partial charge in [0.2, 0.25) is 10.0 Å². The van der Waals surface area contributed by atoms with E-state index in [4.69, 9.17) is 0 Å². The molecule has 162 valence electrons. The monoisotopic (exact) mass is 428 g/mol.